The predicted octanol–water partition coefficient (Wildman–Crippen LogP) is 1.11. The average Bonchev–Trinajstić information content (AvgIpc) is 3.10. The van der Waals surface area contributed by atoms with E-state index in [0.29, 0.717) is 5.76 Å². The van der Waals surface area contributed by atoms with Crippen molar-refractivity contribution in [3.8, 4) is 0 Å². The number of rotatable bonds is 5. The molecule has 1 saturated heterocycles. The van der Waals surface area contributed by atoms with Crippen molar-refractivity contribution in [2.45, 2.75) is 0 Å². The third-order valence-corrected chi connectivity index (χ3v) is 3.42. The molecule has 0 aliphatic carbocycles. The quantitative estimate of drug-likeness (QED) is 0.639. The van der Waals surface area contributed by atoms with Crippen LogP contribution >= 0.6 is 0 Å². The van der Waals surface area contributed by atoms with E-state index in [1.165, 1.54) is 6.08 Å². The molecule has 4 amide bonds. The SMILES string of the molecule is O=C(/C=C/c1cc2ccccc2o1)NCCN1C(=O)CNC1=O. The van der Waals surface area contributed by atoms with Crippen LogP contribution < -0.4 is 10.6 Å². The largest absolute Gasteiger partial charge is 0.457 e. The smallest absolute Gasteiger partial charge is 0.324 e. The summed E-state index contributed by atoms with van der Waals surface area (Å²) in [5.41, 5.74) is 0.756. The van der Waals surface area contributed by atoms with Crippen LogP contribution in [0.15, 0.2) is 40.8 Å². The van der Waals surface area contributed by atoms with E-state index in [0.717, 1.165) is 15.9 Å². The molecule has 23 heavy (non-hydrogen) atoms. The van der Waals surface area contributed by atoms with Gasteiger partial charge in [-0.3, -0.25) is 14.5 Å². The van der Waals surface area contributed by atoms with E-state index in [2.05, 4.69) is 10.6 Å². The van der Waals surface area contributed by atoms with Crippen molar-refractivity contribution in [1.82, 2.24) is 15.5 Å². The van der Waals surface area contributed by atoms with Gasteiger partial charge in [-0.1, -0.05) is 18.2 Å². The van der Waals surface area contributed by atoms with E-state index in [1.807, 2.05) is 30.3 Å². The summed E-state index contributed by atoms with van der Waals surface area (Å²) in [6, 6.07) is 8.98. The van der Waals surface area contributed by atoms with Crippen molar-refractivity contribution in [2.75, 3.05) is 19.6 Å². The molecule has 1 aromatic carbocycles. The van der Waals surface area contributed by atoms with Crippen LogP contribution in [0.3, 0.4) is 0 Å². The van der Waals surface area contributed by atoms with Crippen LogP contribution in [0, 0.1) is 0 Å². The van der Waals surface area contributed by atoms with E-state index in [1.54, 1.807) is 6.08 Å². The number of hydrogen-bond donors (Lipinski definition) is 2. The maximum Gasteiger partial charge on any atom is 0.324 e. The topological polar surface area (TPSA) is 91.7 Å². The zero-order valence-electron chi connectivity index (χ0n) is 12.2. The third-order valence-electron chi connectivity index (χ3n) is 3.42. The lowest BCUT2D eigenvalue weighted by molar-refractivity contribution is -0.125. The molecular formula is C16H15N3O4. The Hall–Kier alpha value is -3.09. The Kier molecular flexibility index (Phi) is 4.09. The molecule has 1 aliphatic rings. The van der Waals surface area contributed by atoms with E-state index in [9.17, 15) is 14.4 Å². The van der Waals surface area contributed by atoms with Crippen molar-refractivity contribution in [3.05, 3.63) is 42.2 Å². The fourth-order valence-corrected chi connectivity index (χ4v) is 2.27. The summed E-state index contributed by atoms with van der Waals surface area (Å²) in [4.78, 5) is 35.5. The third kappa shape index (κ3) is 3.39. The number of carbonyl (C=O) groups excluding carboxylic acids is 3. The van der Waals surface area contributed by atoms with Crippen LogP contribution in [-0.2, 0) is 9.59 Å². The van der Waals surface area contributed by atoms with Crippen molar-refractivity contribution >= 4 is 34.9 Å². The van der Waals surface area contributed by atoms with Gasteiger partial charge in [0.15, 0.2) is 0 Å². The Morgan fingerprint density at radius 3 is 2.91 bits per heavy atom. The monoisotopic (exact) mass is 313 g/mol. The summed E-state index contributed by atoms with van der Waals surface area (Å²) in [6.07, 6.45) is 2.92. The molecule has 3 rings (SSSR count). The minimum absolute atomic E-state index is 0.0126. The second kappa shape index (κ2) is 6.35. The molecule has 1 fully saturated rings. The highest BCUT2D eigenvalue weighted by Gasteiger charge is 2.27. The molecule has 2 aromatic rings. The number of nitrogens with zero attached hydrogens (tertiary/aromatic N) is 1. The van der Waals surface area contributed by atoms with Crippen LogP contribution in [0.25, 0.3) is 17.0 Å². The lowest BCUT2D eigenvalue weighted by atomic mass is 10.2. The van der Waals surface area contributed by atoms with Crippen LogP contribution in [0.2, 0.25) is 0 Å². The molecular weight excluding hydrogens is 298 g/mol. The maximum atomic E-state index is 11.7. The van der Waals surface area contributed by atoms with Gasteiger partial charge in [-0.15, -0.1) is 0 Å². The Balaban J connectivity index is 1.50. The molecule has 2 heterocycles. The summed E-state index contributed by atoms with van der Waals surface area (Å²) in [5, 5.41) is 5.99. The first kappa shape index (κ1) is 14.8. The first-order valence-electron chi connectivity index (χ1n) is 7.16. The number of nitrogens with one attached hydrogen (secondary N) is 2. The molecule has 7 heteroatoms. The van der Waals surface area contributed by atoms with Gasteiger partial charge in [-0.2, -0.15) is 0 Å². The highest BCUT2D eigenvalue weighted by atomic mass is 16.3. The van der Waals surface area contributed by atoms with Gasteiger partial charge >= 0.3 is 6.03 Å². The fourth-order valence-electron chi connectivity index (χ4n) is 2.27. The number of fused-ring (bicyclic) bond motifs is 1. The molecule has 0 saturated carbocycles. The molecule has 2 N–H and O–H groups in total. The number of furan rings is 1. The molecule has 7 nitrogen and oxygen atoms in total. The van der Waals surface area contributed by atoms with E-state index < -0.39 is 6.03 Å². The summed E-state index contributed by atoms with van der Waals surface area (Å²) in [7, 11) is 0. The van der Waals surface area contributed by atoms with Gasteiger partial charge in [0, 0.05) is 24.6 Å². The second-order valence-electron chi connectivity index (χ2n) is 5.02. The standard InChI is InChI=1S/C16H15N3O4/c20-14(17-7-8-19-15(21)10-18-16(19)22)6-5-12-9-11-3-1-2-4-13(11)23-12/h1-6,9H,7-8,10H2,(H,17,20)(H,18,22)/b6-5+. The van der Waals surface area contributed by atoms with Crippen molar-refractivity contribution in [1.29, 1.82) is 0 Å². The van der Waals surface area contributed by atoms with Crippen LogP contribution in [0.4, 0.5) is 4.79 Å². The maximum absolute atomic E-state index is 11.7. The summed E-state index contributed by atoms with van der Waals surface area (Å²) < 4.78 is 5.56. The predicted molar refractivity (Wildman–Crippen MR) is 83.4 cm³/mol. The minimum atomic E-state index is -0.429. The summed E-state index contributed by atoms with van der Waals surface area (Å²) >= 11 is 0. The van der Waals surface area contributed by atoms with E-state index in [4.69, 9.17) is 4.42 Å². The normalized spacial score (nSPS) is 14.7. The van der Waals surface area contributed by atoms with Gasteiger partial charge in [0.25, 0.3) is 0 Å². The number of benzene rings is 1. The summed E-state index contributed by atoms with van der Waals surface area (Å²) in [5.74, 6) is -0.0324. The van der Waals surface area contributed by atoms with E-state index >= 15 is 0 Å². The van der Waals surface area contributed by atoms with Gasteiger partial charge in [0.05, 0.1) is 6.54 Å². The average molecular weight is 313 g/mol. The Morgan fingerprint density at radius 1 is 1.35 bits per heavy atom. The Labute approximate surface area is 131 Å². The first-order chi connectivity index (χ1) is 11.1. The lowest BCUT2D eigenvalue weighted by Crippen LogP contribution is -2.38. The fraction of sp³-hybridized carbons (Fsp3) is 0.188. The van der Waals surface area contributed by atoms with Gasteiger partial charge in [-0.05, 0) is 18.2 Å². The Morgan fingerprint density at radius 2 is 2.17 bits per heavy atom. The van der Waals surface area contributed by atoms with Crippen molar-refractivity contribution in [3.63, 3.8) is 0 Å². The van der Waals surface area contributed by atoms with Gasteiger partial charge < -0.3 is 15.1 Å². The van der Waals surface area contributed by atoms with Gasteiger partial charge in [-0.25, -0.2) is 4.79 Å². The van der Waals surface area contributed by atoms with Crippen LogP contribution in [-0.4, -0.2) is 42.4 Å². The molecule has 0 spiro atoms. The molecule has 1 aliphatic heterocycles. The van der Waals surface area contributed by atoms with Crippen molar-refractivity contribution in [2.24, 2.45) is 0 Å². The number of carbonyl (C=O) groups is 3. The second-order valence-corrected chi connectivity index (χ2v) is 5.02. The highest BCUT2D eigenvalue weighted by molar-refractivity contribution is 6.02. The molecule has 0 radical (unpaired) electrons. The van der Waals surface area contributed by atoms with Crippen molar-refractivity contribution < 1.29 is 18.8 Å². The number of urea groups is 1. The summed E-state index contributed by atoms with van der Waals surface area (Å²) in [6.45, 7) is 0.357. The molecule has 0 atom stereocenters. The molecule has 1 aromatic heterocycles. The number of para-hydroxylation sites is 1. The molecule has 118 valence electrons. The van der Waals surface area contributed by atoms with Crippen LogP contribution in [0.1, 0.15) is 5.76 Å². The number of amides is 4. The van der Waals surface area contributed by atoms with Gasteiger partial charge in [0.1, 0.15) is 11.3 Å². The van der Waals surface area contributed by atoms with Crippen LogP contribution in [0.5, 0.6) is 0 Å². The first-order valence-corrected chi connectivity index (χ1v) is 7.16. The van der Waals surface area contributed by atoms with E-state index in [-0.39, 0.29) is 31.4 Å². The zero-order valence-corrected chi connectivity index (χ0v) is 12.2. The number of imide groups is 1. The van der Waals surface area contributed by atoms with Gasteiger partial charge in [0.2, 0.25) is 11.8 Å². The zero-order chi connectivity index (χ0) is 16.2. The molecule has 0 bridgehead atoms. The Bertz CT molecular complexity index is 744. The molecule has 0 unspecified atom stereocenters. The number of hydrogen-bond acceptors (Lipinski definition) is 4. The highest BCUT2D eigenvalue weighted by Crippen LogP contribution is 2.19. The lowest BCUT2D eigenvalue weighted by Gasteiger charge is -2.11. The minimum Gasteiger partial charge on any atom is -0.457 e.